The number of cyclic esters (lactones) is 2. The topological polar surface area (TPSA) is 179 Å². The minimum atomic E-state index is -1.66. The number of amides is 1. The molecule has 52 heavy (non-hydrogen) atoms. The van der Waals surface area contributed by atoms with Crippen molar-refractivity contribution in [2.45, 2.75) is 36.7 Å². The summed E-state index contributed by atoms with van der Waals surface area (Å²) in [7, 11) is 0. The lowest BCUT2D eigenvalue weighted by atomic mass is 9.97. The zero-order chi connectivity index (χ0) is 36.5. The minimum absolute atomic E-state index is 0.108. The molecule has 0 spiro atoms. The highest BCUT2D eigenvalue weighted by Gasteiger charge is 2.54. The van der Waals surface area contributed by atoms with Gasteiger partial charge in [-0.25, -0.2) is 28.8 Å². The van der Waals surface area contributed by atoms with Gasteiger partial charge in [0.1, 0.15) is 12.7 Å². The molecule has 0 aliphatic carbocycles. The number of esters is 5. The monoisotopic (exact) mass is 709 g/mol. The van der Waals surface area contributed by atoms with Gasteiger partial charge in [-0.1, -0.05) is 72.8 Å². The molecule has 2 aliphatic heterocycles. The van der Waals surface area contributed by atoms with Crippen LogP contribution in [-0.4, -0.2) is 85.9 Å². The summed E-state index contributed by atoms with van der Waals surface area (Å²) >= 11 is 0. The Morgan fingerprint density at radius 1 is 0.538 bits per heavy atom. The van der Waals surface area contributed by atoms with E-state index in [-0.39, 0.29) is 22.3 Å². The van der Waals surface area contributed by atoms with Crippen LogP contribution in [-0.2, 0) is 38.0 Å². The smallest absolute Gasteiger partial charge is 0.415 e. The molecule has 2 heterocycles. The third-order valence-corrected chi connectivity index (χ3v) is 7.93. The third-order valence-electron chi connectivity index (χ3n) is 7.93. The lowest BCUT2D eigenvalue weighted by Gasteiger charge is -2.44. The van der Waals surface area contributed by atoms with E-state index in [0.29, 0.717) is 0 Å². The molecule has 6 rings (SSSR count). The molecule has 4 aromatic carbocycles. The van der Waals surface area contributed by atoms with Crippen molar-refractivity contribution in [1.82, 2.24) is 5.32 Å². The van der Waals surface area contributed by atoms with Crippen molar-refractivity contribution in [3.8, 4) is 0 Å². The SMILES string of the molecule is O=C1N[C@@H](CO[C@@H]2O[C@H](COC(=O)c3ccccc3)[C@@H](OC(=O)c3ccccc3)[C@H](OC(=O)c3ccccc3)[C@H]2OC(=O)c2ccccc2)C(=O)O1. The van der Waals surface area contributed by atoms with Gasteiger partial charge in [0.05, 0.1) is 28.9 Å². The van der Waals surface area contributed by atoms with Crippen LogP contribution in [0.4, 0.5) is 4.79 Å². The van der Waals surface area contributed by atoms with Crippen LogP contribution in [0.2, 0.25) is 0 Å². The molecule has 1 amide bonds. The zero-order valence-electron chi connectivity index (χ0n) is 27.2. The largest absolute Gasteiger partial charge is 0.459 e. The summed E-state index contributed by atoms with van der Waals surface area (Å²) in [5.74, 6) is -4.33. The Balaban J connectivity index is 1.38. The first-order chi connectivity index (χ1) is 25.3. The van der Waals surface area contributed by atoms with Gasteiger partial charge in [-0.15, -0.1) is 0 Å². The normalized spacial score (nSPS) is 22.3. The first-order valence-electron chi connectivity index (χ1n) is 16.1. The second-order valence-electron chi connectivity index (χ2n) is 11.5. The summed E-state index contributed by atoms with van der Waals surface area (Å²) in [6.07, 6.45) is -8.95. The lowest BCUT2D eigenvalue weighted by molar-refractivity contribution is -0.298. The first kappa shape index (κ1) is 35.4. The van der Waals surface area contributed by atoms with Gasteiger partial charge in [-0.2, -0.15) is 0 Å². The predicted molar refractivity (Wildman–Crippen MR) is 177 cm³/mol. The van der Waals surface area contributed by atoms with Crippen LogP contribution in [0, 0.1) is 0 Å². The average molecular weight is 710 g/mol. The molecule has 4 aromatic rings. The standard InChI is InChI=1S/C38H31NO13/c40-32(23-13-5-1-6-14-23)46-22-28-29(49-33(41)24-15-7-2-8-16-24)30(50-34(42)25-17-9-3-10-18-25)31(51-35(43)26-19-11-4-12-20-26)37(48-28)47-21-27-36(44)52-38(45)39-27/h1-20,27-31,37H,21-22H2,(H,39,45)/t27-,28+,29+,30-,31+,37+/m0/s1. The van der Waals surface area contributed by atoms with Crippen molar-refractivity contribution in [2.24, 2.45) is 0 Å². The molecule has 0 radical (unpaired) electrons. The molecule has 14 nitrogen and oxygen atoms in total. The molecule has 0 bridgehead atoms. The fourth-order valence-electron chi connectivity index (χ4n) is 5.36. The number of carbonyl (C=O) groups excluding carboxylic acids is 6. The Hall–Kier alpha value is -6.38. The molecule has 2 saturated heterocycles. The molecule has 14 heteroatoms. The van der Waals surface area contributed by atoms with E-state index in [9.17, 15) is 28.8 Å². The average Bonchev–Trinajstić information content (AvgIpc) is 3.51. The van der Waals surface area contributed by atoms with Gasteiger partial charge in [0, 0.05) is 0 Å². The van der Waals surface area contributed by atoms with Crippen LogP contribution in [0.5, 0.6) is 0 Å². The second-order valence-corrected chi connectivity index (χ2v) is 11.5. The molecular formula is C38H31NO13. The van der Waals surface area contributed by atoms with E-state index >= 15 is 0 Å². The van der Waals surface area contributed by atoms with Crippen LogP contribution in [0.25, 0.3) is 0 Å². The van der Waals surface area contributed by atoms with Crippen LogP contribution < -0.4 is 5.32 Å². The Morgan fingerprint density at radius 2 is 0.962 bits per heavy atom. The Labute approximate surface area is 296 Å². The Bertz CT molecular complexity index is 1890. The maximum atomic E-state index is 13.6. The molecule has 2 aliphatic rings. The molecule has 0 aromatic heterocycles. The van der Waals surface area contributed by atoms with E-state index < -0.39 is 85.9 Å². The number of hydrogen-bond donors (Lipinski definition) is 1. The molecule has 0 unspecified atom stereocenters. The fraction of sp³-hybridized carbons (Fsp3) is 0.211. The number of ether oxygens (including phenoxy) is 7. The summed E-state index contributed by atoms with van der Waals surface area (Å²) in [4.78, 5) is 77.7. The summed E-state index contributed by atoms with van der Waals surface area (Å²) in [6.45, 7) is -1.11. The van der Waals surface area contributed by atoms with Gasteiger partial charge >= 0.3 is 35.9 Å². The van der Waals surface area contributed by atoms with Gasteiger partial charge in [0.15, 0.2) is 30.6 Å². The Kier molecular flexibility index (Phi) is 11.3. The number of carbonyl (C=O) groups is 6. The summed E-state index contributed by atoms with van der Waals surface area (Å²) in [5, 5.41) is 2.29. The van der Waals surface area contributed by atoms with Crippen molar-refractivity contribution >= 4 is 35.9 Å². The molecule has 2 fully saturated rings. The van der Waals surface area contributed by atoms with E-state index in [2.05, 4.69) is 10.1 Å². The van der Waals surface area contributed by atoms with E-state index in [1.54, 1.807) is 72.8 Å². The maximum absolute atomic E-state index is 13.6. The van der Waals surface area contributed by atoms with Crippen molar-refractivity contribution in [3.63, 3.8) is 0 Å². The Morgan fingerprint density at radius 3 is 1.40 bits per heavy atom. The molecule has 0 saturated carbocycles. The van der Waals surface area contributed by atoms with Crippen LogP contribution >= 0.6 is 0 Å². The third kappa shape index (κ3) is 8.67. The van der Waals surface area contributed by atoms with Crippen molar-refractivity contribution in [3.05, 3.63) is 144 Å². The molecular weight excluding hydrogens is 678 g/mol. The minimum Gasteiger partial charge on any atom is -0.459 e. The van der Waals surface area contributed by atoms with Crippen LogP contribution in [0.15, 0.2) is 121 Å². The molecule has 1 N–H and O–H groups in total. The highest BCUT2D eigenvalue weighted by molar-refractivity contribution is 5.95. The first-order valence-corrected chi connectivity index (χ1v) is 16.1. The maximum Gasteiger partial charge on any atom is 0.415 e. The summed E-state index contributed by atoms with van der Waals surface area (Å²) in [6, 6.07) is 30.4. The van der Waals surface area contributed by atoms with Crippen molar-refractivity contribution in [2.75, 3.05) is 13.2 Å². The number of benzene rings is 4. The van der Waals surface area contributed by atoms with E-state index in [1.807, 2.05) is 0 Å². The van der Waals surface area contributed by atoms with Gasteiger partial charge in [-0.3, -0.25) is 0 Å². The zero-order valence-corrected chi connectivity index (χ0v) is 27.2. The molecule has 266 valence electrons. The van der Waals surface area contributed by atoms with Gasteiger partial charge in [-0.05, 0) is 48.5 Å². The predicted octanol–water partition coefficient (Wildman–Crippen LogP) is 3.90. The number of alkyl carbamates (subject to hydrolysis) is 1. The highest BCUT2D eigenvalue weighted by Crippen LogP contribution is 2.32. The van der Waals surface area contributed by atoms with Crippen molar-refractivity contribution in [1.29, 1.82) is 0 Å². The van der Waals surface area contributed by atoms with Gasteiger partial charge in [0.2, 0.25) is 0 Å². The van der Waals surface area contributed by atoms with E-state index in [1.165, 1.54) is 48.5 Å². The van der Waals surface area contributed by atoms with E-state index in [4.69, 9.17) is 28.4 Å². The van der Waals surface area contributed by atoms with Crippen molar-refractivity contribution < 1.29 is 61.9 Å². The van der Waals surface area contributed by atoms with Crippen LogP contribution in [0.1, 0.15) is 41.4 Å². The van der Waals surface area contributed by atoms with E-state index in [0.717, 1.165) is 0 Å². The fourth-order valence-corrected chi connectivity index (χ4v) is 5.36. The van der Waals surface area contributed by atoms with Gasteiger partial charge < -0.3 is 38.5 Å². The molecule has 6 atom stereocenters. The summed E-state index contributed by atoms with van der Waals surface area (Å²) < 4.78 is 40.1. The summed E-state index contributed by atoms with van der Waals surface area (Å²) in [5.41, 5.74) is 0.553. The highest BCUT2D eigenvalue weighted by atomic mass is 16.7. The van der Waals surface area contributed by atoms with Crippen LogP contribution in [0.3, 0.4) is 0 Å². The number of nitrogens with one attached hydrogen (secondary N) is 1. The second kappa shape index (κ2) is 16.6. The lowest BCUT2D eigenvalue weighted by Crippen LogP contribution is -2.63. The quantitative estimate of drug-likeness (QED) is 0.127. The number of hydrogen-bond acceptors (Lipinski definition) is 13. The van der Waals surface area contributed by atoms with Gasteiger partial charge in [0.25, 0.3) is 0 Å². The number of rotatable bonds is 12.